The van der Waals surface area contributed by atoms with E-state index < -0.39 is 0 Å². The molecule has 0 unspecified atom stereocenters. The second-order valence-electron chi connectivity index (χ2n) is 1.70. The number of rotatable bonds is 1. The molecular formula is C7H5BrIO+. The molecule has 0 N–H and O–H groups in total. The lowest BCUT2D eigenvalue weighted by molar-refractivity contribution is 0.306. The van der Waals surface area contributed by atoms with Gasteiger partial charge in [-0.1, -0.05) is 0 Å². The first-order valence-electron chi connectivity index (χ1n) is 2.65. The van der Waals surface area contributed by atoms with Crippen LogP contribution in [0.1, 0.15) is 0 Å². The van der Waals surface area contributed by atoms with Crippen LogP contribution in [0.3, 0.4) is 0 Å². The van der Waals surface area contributed by atoms with Crippen molar-refractivity contribution in [2.75, 3.05) is 7.11 Å². The number of ether oxygens (including phenoxy) is 1. The molecule has 1 nitrogen and oxygen atoms in total. The largest absolute Gasteiger partial charge is 0.474 e. The average Bonchev–Trinajstić information content (AvgIpc) is 1.94. The first kappa shape index (κ1) is 8.24. The molecule has 0 amide bonds. The smallest absolute Gasteiger partial charge is 0.249 e. The van der Waals surface area contributed by atoms with Gasteiger partial charge in [-0.3, -0.25) is 0 Å². The summed E-state index contributed by atoms with van der Waals surface area (Å²) < 4.78 is 7.05. The zero-order valence-corrected chi connectivity index (χ0v) is 9.06. The van der Waals surface area contributed by atoms with Crippen LogP contribution < -0.4 is 0 Å². The van der Waals surface area contributed by atoms with Gasteiger partial charge in [-0.25, -0.2) is 0 Å². The molecule has 0 aromatic rings. The van der Waals surface area contributed by atoms with Crippen molar-refractivity contribution in [3.05, 3.63) is 32.0 Å². The van der Waals surface area contributed by atoms with Crippen molar-refractivity contribution in [1.82, 2.24) is 0 Å². The maximum atomic E-state index is 5.05. The SMILES string of the molecule is COC1=C(Br)C=[C+]C(I)=C1. The molecule has 0 spiro atoms. The summed E-state index contributed by atoms with van der Waals surface area (Å²) in [5, 5.41) is 0. The molecule has 0 aliphatic heterocycles. The lowest BCUT2D eigenvalue weighted by atomic mass is 10.3. The number of hydrogen-bond acceptors (Lipinski definition) is 1. The molecule has 0 saturated carbocycles. The second kappa shape index (κ2) is 3.51. The summed E-state index contributed by atoms with van der Waals surface area (Å²) in [4.78, 5) is 0. The maximum Gasteiger partial charge on any atom is 0.249 e. The van der Waals surface area contributed by atoms with Gasteiger partial charge in [0.05, 0.1) is 13.2 Å². The molecule has 0 radical (unpaired) electrons. The first-order valence-corrected chi connectivity index (χ1v) is 4.52. The third-order valence-electron chi connectivity index (χ3n) is 1.05. The van der Waals surface area contributed by atoms with Gasteiger partial charge in [0.15, 0.2) is 8.06 Å². The van der Waals surface area contributed by atoms with E-state index in [9.17, 15) is 0 Å². The van der Waals surface area contributed by atoms with Gasteiger partial charge < -0.3 is 4.74 Å². The van der Waals surface area contributed by atoms with E-state index in [1.807, 2.05) is 12.2 Å². The number of methoxy groups -OCH3 is 1. The summed E-state index contributed by atoms with van der Waals surface area (Å²) >= 11 is 5.52. The highest BCUT2D eigenvalue weighted by Gasteiger charge is 2.14. The Morgan fingerprint density at radius 3 is 2.90 bits per heavy atom. The summed E-state index contributed by atoms with van der Waals surface area (Å²) in [6.07, 6.45) is 6.80. The predicted molar refractivity (Wildman–Crippen MR) is 52.9 cm³/mol. The van der Waals surface area contributed by atoms with Crippen molar-refractivity contribution in [1.29, 1.82) is 0 Å². The third-order valence-corrected chi connectivity index (χ3v) is 2.29. The van der Waals surface area contributed by atoms with E-state index in [2.05, 4.69) is 44.6 Å². The molecule has 1 aliphatic rings. The van der Waals surface area contributed by atoms with Gasteiger partial charge in [-0.2, -0.15) is 0 Å². The van der Waals surface area contributed by atoms with Gasteiger partial charge >= 0.3 is 0 Å². The highest BCUT2D eigenvalue weighted by Crippen LogP contribution is 2.24. The number of halogens is 2. The Labute approximate surface area is 82.1 Å². The quantitative estimate of drug-likeness (QED) is 0.534. The lowest BCUT2D eigenvalue weighted by Crippen LogP contribution is -1.88. The fourth-order valence-corrected chi connectivity index (χ4v) is 1.41. The molecule has 0 heterocycles. The van der Waals surface area contributed by atoms with Crippen LogP contribution in [-0.4, -0.2) is 7.11 Å². The van der Waals surface area contributed by atoms with Gasteiger partial charge in [-0.15, -0.1) is 0 Å². The normalized spacial score (nSPS) is 16.5. The van der Waals surface area contributed by atoms with E-state index in [4.69, 9.17) is 4.74 Å². The van der Waals surface area contributed by atoms with Crippen LogP contribution >= 0.6 is 38.5 Å². The van der Waals surface area contributed by atoms with Crippen molar-refractivity contribution < 1.29 is 4.74 Å². The second-order valence-corrected chi connectivity index (χ2v) is 3.71. The Morgan fingerprint density at radius 1 is 1.70 bits per heavy atom. The summed E-state index contributed by atoms with van der Waals surface area (Å²) in [5.74, 6) is 0.850. The van der Waals surface area contributed by atoms with E-state index >= 15 is 0 Å². The fraction of sp³-hybridized carbons (Fsp3) is 0.143. The van der Waals surface area contributed by atoms with Gasteiger partial charge in [-0.05, 0) is 0 Å². The minimum atomic E-state index is 0.850. The third kappa shape index (κ3) is 1.81. The number of allylic oxidation sites excluding steroid dienone is 5. The Morgan fingerprint density at radius 2 is 2.40 bits per heavy atom. The topological polar surface area (TPSA) is 9.23 Å². The molecule has 0 aromatic heterocycles. The van der Waals surface area contributed by atoms with E-state index in [1.165, 1.54) is 0 Å². The molecule has 10 heavy (non-hydrogen) atoms. The van der Waals surface area contributed by atoms with Crippen molar-refractivity contribution in [3.8, 4) is 0 Å². The molecule has 1 aliphatic carbocycles. The average molecular weight is 312 g/mol. The minimum absolute atomic E-state index is 0.850. The Kier molecular flexibility index (Phi) is 2.89. The van der Waals surface area contributed by atoms with Crippen molar-refractivity contribution in [3.63, 3.8) is 0 Å². The van der Waals surface area contributed by atoms with Crippen molar-refractivity contribution >= 4 is 38.5 Å². The maximum absolute atomic E-state index is 5.05. The molecule has 0 aromatic carbocycles. The van der Waals surface area contributed by atoms with E-state index in [-0.39, 0.29) is 0 Å². The molecule has 1 rings (SSSR count). The van der Waals surface area contributed by atoms with Gasteiger partial charge in [0.2, 0.25) is 5.76 Å². The Hall–Kier alpha value is 0.140. The zero-order chi connectivity index (χ0) is 7.56. The van der Waals surface area contributed by atoms with Crippen LogP contribution in [0.15, 0.2) is 26.0 Å². The first-order chi connectivity index (χ1) is 4.74. The highest BCUT2D eigenvalue weighted by molar-refractivity contribution is 14.1. The summed E-state index contributed by atoms with van der Waals surface area (Å²) in [7, 11) is 1.65. The predicted octanol–water partition coefficient (Wildman–Crippen LogP) is 2.93. The Bertz CT molecular complexity index is 228. The monoisotopic (exact) mass is 311 g/mol. The highest BCUT2D eigenvalue weighted by atomic mass is 127. The molecule has 52 valence electrons. The van der Waals surface area contributed by atoms with Gasteiger partial charge in [0.1, 0.15) is 12.2 Å². The molecule has 0 bridgehead atoms. The summed E-state index contributed by atoms with van der Waals surface area (Å²) in [6.45, 7) is 0. The fourth-order valence-electron chi connectivity index (χ4n) is 0.586. The van der Waals surface area contributed by atoms with E-state index in [0.29, 0.717) is 0 Å². The standard InChI is InChI=1S/C7H5BrIO/c1-10-7-4-5(9)2-3-6(7)8/h3-4H,1H3/q+1. The molecular weight excluding hydrogens is 307 g/mol. The van der Waals surface area contributed by atoms with E-state index in [0.717, 1.165) is 13.8 Å². The number of hydrogen-bond donors (Lipinski definition) is 0. The zero-order valence-electron chi connectivity index (χ0n) is 5.32. The van der Waals surface area contributed by atoms with E-state index in [1.54, 1.807) is 7.11 Å². The van der Waals surface area contributed by atoms with Gasteiger partial charge in [0, 0.05) is 38.5 Å². The molecule has 0 saturated heterocycles. The van der Waals surface area contributed by atoms with Crippen LogP contribution in [0.2, 0.25) is 0 Å². The van der Waals surface area contributed by atoms with Crippen molar-refractivity contribution in [2.24, 2.45) is 0 Å². The summed E-state index contributed by atoms with van der Waals surface area (Å²) in [5.41, 5.74) is 0. The van der Waals surface area contributed by atoms with Gasteiger partial charge in [0.25, 0.3) is 0 Å². The molecule has 3 heteroatoms. The molecule has 0 atom stereocenters. The van der Waals surface area contributed by atoms with Crippen molar-refractivity contribution in [2.45, 2.75) is 0 Å². The van der Waals surface area contributed by atoms with Crippen LogP contribution in [0.25, 0.3) is 0 Å². The minimum Gasteiger partial charge on any atom is -0.474 e. The lowest BCUT2D eigenvalue weighted by Gasteiger charge is -1.96. The van der Waals surface area contributed by atoms with Crippen LogP contribution in [0.4, 0.5) is 0 Å². The Balaban J connectivity index is 2.96. The van der Waals surface area contributed by atoms with Crippen LogP contribution in [-0.2, 0) is 4.74 Å². The van der Waals surface area contributed by atoms with Crippen LogP contribution in [0, 0.1) is 6.08 Å². The summed E-state index contributed by atoms with van der Waals surface area (Å²) in [6, 6.07) is 0. The molecule has 0 fully saturated rings. The van der Waals surface area contributed by atoms with Crippen LogP contribution in [0.5, 0.6) is 0 Å².